The van der Waals surface area contributed by atoms with Gasteiger partial charge in [0, 0.05) is 44.2 Å². The molecule has 1 unspecified atom stereocenters. The van der Waals surface area contributed by atoms with Crippen molar-refractivity contribution in [3.8, 4) is 11.5 Å². The Hall–Kier alpha value is -2.48. The Bertz CT molecular complexity index is 722. The van der Waals surface area contributed by atoms with E-state index in [1.54, 1.807) is 14.2 Å². The molecule has 1 amide bonds. The van der Waals surface area contributed by atoms with Gasteiger partial charge in [-0.15, -0.1) is 0 Å². The Kier molecular flexibility index (Phi) is 6.05. The van der Waals surface area contributed by atoms with Gasteiger partial charge in [0.05, 0.1) is 19.9 Å². The maximum absolute atomic E-state index is 12.2. The van der Waals surface area contributed by atoms with Crippen LogP contribution >= 0.6 is 0 Å². The van der Waals surface area contributed by atoms with Gasteiger partial charge >= 0.3 is 0 Å². The van der Waals surface area contributed by atoms with E-state index in [0.717, 1.165) is 43.7 Å². The molecule has 8 heteroatoms. The Morgan fingerprint density at radius 3 is 2.67 bits per heavy atom. The molecular weight excluding hydrogens is 346 g/mol. The van der Waals surface area contributed by atoms with Crippen molar-refractivity contribution in [1.29, 1.82) is 0 Å². The standard InChI is InChI=1S/C19H29N5O3/c1-4-6-17(25)23-7-5-8-24(10-9-23)19-21-14-12-16(27-3)15(26-2)11-13(14)18(20)22-19/h11-12,19,21H,4-10H2,1-3H3,(H2,20,22). The van der Waals surface area contributed by atoms with Crippen LogP contribution in [0, 0.1) is 0 Å². The van der Waals surface area contributed by atoms with Gasteiger partial charge in [-0.05, 0) is 18.9 Å². The third kappa shape index (κ3) is 4.10. The van der Waals surface area contributed by atoms with Crippen LogP contribution in [0.15, 0.2) is 17.1 Å². The number of anilines is 1. The van der Waals surface area contributed by atoms with E-state index in [0.29, 0.717) is 30.3 Å². The molecule has 1 saturated heterocycles. The summed E-state index contributed by atoms with van der Waals surface area (Å²) in [5.41, 5.74) is 7.91. The van der Waals surface area contributed by atoms with E-state index in [1.807, 2.05) is 24.0 Å². The van der Waals surface area contributed by atoms with Crippen LogP contribution in [0.5, 0.6) is 11.5 Å². The molecule has 1 aromatic carbocycles. The Morgan fingerprint density at radius 2 is 1.96 bits per heavy atom. The molecule has 3 rings (SSSR count). The zero-order valence-electron chi connectivity index (χ0n) is 16.3. The van der Waals surface area contributed by atoms with Gasteiger partial charge in [-0.25, -0.2) is 4.99 Å². The number of hydrogen-bond acceptors (Lipinski definition) is 7. The fourth-order valence-corrected chi connectivity index (χ4v) is 3.56. The molecule has 0 saturated carbocycles. The minimum Gasteiger partial charge on any atom is -0.493 e. The molecule has 1 atom stereocenters. The molecular formula is C19H29N5O3. The van der Waals surface area contributed by atoms with Crippen LogP contribution in [-0.2, 0) is 4.79 Å². The summed E-state index contributed by atoms with van der Waals surface area (Å²) < 4.78 is 10.8. The summed E-state index contributed by atoms with van der Waals surface area (Å²) in [5, 5.41) is 3.44. The van der Waals surface area contributed by atoms with Gasteiger partial charge in [-0.3, -0.25) is 9.69 Å². The van der Waals surface area contributed by atoms with Crippen molar-refractivity contribution >= 4 is 17.4 Å². The van der Waals surface area contributed by atoms with Gasteiger partial charge in [0.2, 0.25) is 5.91 Å². The van der Waals surface area contributed by atoms with E-state index in [2.05, 4.69) is 15.2 Å². The largest absolute Gasteiger partial charge is 0.493 e. The maximum atomic E-state index is 12.2. The van der Waals surface area contributed by atoms with Gasteiger partial charge in [0.1, 0.15) is 5.84 Å². The van der Waals surface area contributed by atoms with Crippen molar-refractivity contribution in [3.05, 3.63) is 17.7 Å². The predicted octanol–water partition coefficient (Wildman–Crippen LogP) is 1.45. The minimum atomic E-state index is -0.253. The van der Waals surface area contributed by atoms with Crippen LogP contribution < -0.4 is 20.5 Å². The lowest BCUT2D eigenvalue weighted by Crippen LogP contribution is -2.45. The molecule has 148 valence electrons. The predicted molar refractivity (Wildman–Crippen MR) is 105 cm³/mol. The Balaban J connectivity index is 1.75. The summed E-state index contributed by atoms with van der Waals surface area (Å²) in [4.78, 5) is 21.0. The number of rotatable bonds is 5. The number of methoxy groups -OCH3 is 2. The number of amidine groups is 1. The van der Waals surface area contributed by atoms with Crippen molar-refractivity contribution in [3.63, 3.8) is 0 Å². The number of amides is 1. The van der Waals surface area contributed by atoms with Crippen LogP contribution in [0.1, 0.15) is 31.7 Å². The monoisotopic (exact) mass is 375 g/mol. The molecule has 2 heterocycles. The highest BCUT2D eigenvalue weighted by Crippen LogP contribution is 2.35. The highest BCUT2D eigenvalue weighted by atomic mass is 16.5. The van der Waals surface area contributed by atoms with E-state index in [1.165, 1.54) is 0 Å². The summed E-state index contributed by atoms with van der Waals surface area (Å²) in [6, 6.07) is 3.72. The SMILES string of the molecule is CCCC(=O)N1CCCN(C2N=C(N)c3cc(OC)c(OC)cc3N2)CC1. The first-order valence-corrected chi connectivity index (χ1v) is 9.45. The number of nitrogens with one attached hydrogen (secondary N) is 1. The number of carbonyl (C=O) groups excluding carboxylic acids is 1. The van der Waals surface area contributed by atoms with Crippen LogP contribution in [0.25, 0.3) is 0 Å². The van der Waals surface area contributed by atoms with E-state index < -0.39 is 0 Å². The summed E-state index contributed by atoms with van der Waals surface area (Å²) >= 11 is 0. The van der Waals surface area contributed by atoms with E-state index >= 15 is 0 Å². The second kappa shape index (κ2) is 8.47. The van der Waals surface area contributed by atoms with Crippen LogP contribution in [0.2, 0.25) is 0 Å². The quantitative estimate of drug-likeness (QED) is 0.809. The maximum Gasteiger partial charge on any atom is 0.222 e. The normalized spacial score (nSPS) is 20.2. The highest BCUT2D eigenvalue weighted by molar-refractivity contribution is 6.04. The van der Waals surface area contributed by atoms with Crippen molar-refractivity contribution in [2.45, 2.75) is 32.5 Å². The third-order valence-electron chi connectivity index (χ3n) is 5.04. The summed E-state index contributed by atoms with van der Waals surface area (Å²) in [6.45, 7) is 5.15. The summed E-state index contributed by atoms with van der Waals surface area (Å²) in [6.07, 6.45) is 2.16. The van der Waals surface area contributed by atoms with Crippen molar-refractivity contribution in [2.24, 2.45) is 10.7 Å². The van der Waals surface area contributed by atoms with Gasteiger partial charge < -0.3 is 25.4 Å². The molecule has 0 aliphatic carbocycles. The number of hydrogen-bond donors (Lipinski definition) is 2. The molecule has 0 aromatic heterocycles. The first-order valence-electron chi connectivity index (χ1n) is 9.45. The lowest BCUT2D eigenvalue weighted by Gasteiger charge is -2.33. The van der Waals surface area contributed by atoms with Gasteiger partial charge in [0.15, 0.2) is 17.8 Å². The molecule has 2 aliphatic heterocycles. The Labute approximate surface area is 160 Å². The average molecular weight is 375 g/mol. The molecule has 3 N–H and O–H groups in total. The zero-order valence-corrected chi connectivity index (χ0v) is 16.3. The second-order valence-electron chi connectivity index (χ2n) is 6.81. The molecule has 27 heavy (non-hydrogen) atoms. The fourth-order valence-electron chi connectivity index (χ4n) is 3.56. The number of ether oxygens (including phenoxy) is 2. The molecule has 1 fully saturated rings. The van der Waals surface area contributed by atoms with Crippen molar-refractivity contribution in [1.82, 2.24) is 9.80 Å². The molecule has 1 aromatic rings. The van der Waals surface area contributed by atoms with E-state index in [4.69, 9.17) is 15.2 Å². The van der Waals surface area contributed by atoms with Gasteiger partial charge in [-0.1, -0.05) is 6.92 Å². The average Bonchev–Trinajstić information content (AvgIpc) is 2.93. The van der Waals surface area contributed by atoms with Crippen LogP contribution in [-0.4, -0.2) is 68.2 Å². The molecule has 0 radical (unpaired) electrons. The minimum absolute atomic E-state index is 0.237. The molecule has 2 aliphatic rings. The number of benzene rings is 1. The third-order valence-corrected chi connectivity index (χ3v) is 5.04. The number of nitrogens with zero attached hydrogens (tertiary/aromatic N) is 3. The fraction of sp³-hybridized carbons (Fsp3) is 0.579. The van der Waals surface area contributed by atoms with Crippen LogP contribution in [0.4, 0.5) is 5.69 Å². The number of nitrogens with two attached hydrogens (primary N) is 1. The molecule has 0 bridgehead atoms. The first-order chi connectivity index (χ1) is 13.1. The summed E-state index contributed by atoms with van der Waals surface area (Å²) in [5.74, 6) is 1.97. The summed E-state index contributed by atoms with van der Waals surface area (Å²) in [7, 11) is 3.21. The van der Waals surface area contributed by atoms with Crippen molar-refractivity contribution < 1.29 is 14.3 Å². The van der Waals surface area contributed by atoms with Gasteiger partial charge in [0.25, 0.3) is 0 Å². The topological polar surface area (TPSA) is 92.4 Å². The highest BCUT2D eigenvalue weighted by Gasteiger charge is 2.28. The van der Waals surface area contributed by atoms with Gasteiger partial charge in [-0.2, -0.15) is 0 Å². The van der Waals surface area contributed by atoms with E-state index in [-0.39, 0.29) is 12.2 Å². The van der Waals surface area contributed by atoms with Crippen molar-refractivity contribution in [2.75, 3.05) is 45.7 Å². The zero-order chi connectivity index (χ0) is 19.4. The first kappa shape index (κ1) is 19.3. The van der Waals surface area contributed by atoms with E-state index in [9.17, 15) is 4.79 Å². The second-order valence-corrected chi connectivity index (χ2v) is 6.81. The Morgan fingerprint density at radius 1 is 1.22 bits per heavy atom. The lowest BCUT2D eigenvalue weighted by molar-refractivity contribution is -0.131. The molecule has 8 nitrogen and oxygen atoms in total. The number of carbonyl (C=O) groups is 1. The lowest BCUT2D eigenvalue weighted by atomic mass is 10.1. The molecule has 0 spiro atoms. The van der Waals surface area contributed by atoms with Crippen LogP contribution in [0.3, 0.4) is 0 Å². The number of fused-ring (bicyclic) bond motifs is 1. The number of aliphatic imine (C=N–C) groups is 1. The smallest absolute Gasteiger partial charge is 0.222 e.